The molecule has 3 aromatic rings. The predicted molar refractivity (Wildman–Crippen MR) is 138 cm³/mol. The van der Waals surface area contributed by atoms with Crippen LogP contribution in [0.2, 0.25) is 5.02 Å². The second-order valence-electron chi connectivity index (χ2n) is 9.59. The van der Waals surface area contributed by atoms with Crippen LogP contribution in [0.25, 0.3) is 22.0 Å². The molecule has 4 rings (SSSR count). The molecule has 0 aliphatic heterocycles. The summed E-state index contributed by atoms with van der Waals surface area (Å²) >= 11 is 6.36. The lowest BCUT2D eigenvalue weighted by Gasteiger charge is -2.32. The zero-order chi connectivity index (χ0) is 23.8. The summed E-state index contributed by atoms with van der Waals surface area (Å²) in [5.74, 6) is 0.694. The van der Waals surface area contributed by atoms with Gasteiger partial charge in [-0.05, 0) is 87.5 Å². The van der Waals surface area contributed by atoms with Crippen LogP contribution >= 0.6 is 11.6 Å². The van der Waals surface area contributed by atoms with Gasteiger partial charge in [0.2, 0.25) is 0 Å². The van der Waals surface area contributed by atoms with E-state index in [9.17, 15) is 8.42 Å². The fourth-order valence-corrected chi connectivity index (χ4v) is 5.73. The minimum Gasteiger partial charge on any atom is -0.381 e. The van der Waals surface area contributed by atoms with Crippen molar-refractivity contribution in [3.8, 4) is 11.1 Å². The number of nitrogens with zero attached hydrogens (tertiary/aromatic N) is 2. The van der Waals surface area contributed by atoms with Crippen molar-refractivity contribution in [1.82, 2.24) is 9.88 Å². The van der Waals surface area contributed by atoms with Gasteiger partial charge in [0.05, 0.1) is 11.2 Å². The number of benzene rings is 2. The number of anilines is 1. The van der Waals surface area contributed by atoms with Gasteiger partial charge in [-0.25, -0.2) is 8.42 Å². The minimum absolute atomic E-state index is 0.243. The van der Waals surface area contributed by atoms with Crippen LogP contribution in [-0.2, 0) is 9.84 Å². The van der Waals surface area contributed by atoms with Crippen molar-refractivity contribution in [2.45, 2.75) is 43.5 Å². The molecule has 5 nitrogen and oxygen atoms in total. The number of sulfone groups is 1. The smallest absolute Gasteiger partial charge is 0.179 e. The summed E-state index contributed by atoms with van der Waals surface area (Å²) in [7, 11) is 0.786. The Labute approximate surface area is 202 Å². The van der Waals surface area contributed by atoms with Crippen LogP contribution in [-0.4, -0.2) is 51.2 Å². The third kappa shape index (κ3) is 5.51. The first-order valence-electron chi connectivity index (χ1n) is 11.4. The second-order valence-corrected chi connectivity index (χ2v) is 12.0. The van der Waals surface area contributed by atoms with E-state index in [1.54, 1.807) is 0 Å². The summed E-state index contributed by atoms with van der Waals surface area (Å²) in [6.45, 7) is 3.08. The SMILES string of the molecule is Cc1ccc(-c2ccc3ncc(S(C)(=O)=O)c(NC4CCC(CN(C)C)CC4)c3c2)cc1Cl. The topological polar surface area (TPSA) is 62.3 Å². The van der Waals surface area contributed by atoms with Crippen molar-refractivity contribution in [2.75, 3.05) is 32.2 Å². The van der Waals surface area contributed by atoms with E-state index in [1.165, 1.54) is 12.5 Å². The van der Waals surface area contributed by atoms with Crippen LogP contribution in [0.15, 0.2) is 47.5 Å². The molecule has 0 bridgehead atoms. The highest BCUT2D eigenvalue weighted by atomic mass is 35.5. The molecule has 1 N–H and O–H groups in total. The van der Waals surface area contributed by atoms with Crippen molar-refractivity contribution in [3.63, 3.8) is 0 Å². The zero-order valence-corrected chi connectivity index (χ0v) is 21.3. The van der Waals surface area contributed by atoms with Crippen LogP contribution in [0.3, 0.4) is 0 Å². The van der Waals surface area contributed by atoms with E-state index in [1.807, 2.05) is 43.3 Å². The number of nitrogens with one attached hydrogen (secondary N) is 1. The number of pyridine rings is 1. The van der Waals surface area contributed by atoms with Gasteiger partial charge in [-0.1, -0.05) is 29.8 Å². The first-order valence-corrected chi connectivity index (χ1v) is 13.7. The van der Waals surface area contributed by atoms with Gasteiger partial charge in [0.1, 0.15) is 4.90 Å². The Morgan fingerprint density at radius 2 is 1.73 bits per heavy atom. The van der Waals surface area contributed by atoms with E-state index >= 15 is 0 Å². The molecule has 1 aliphatic carbocycles. The van der Waals surface area contributed by atoms with E-state index in [2.05, 4.69) is 29.3 Å². The maximum absolute atomic E-state index is 12.6. The normalized spacial score (nSPS) is 19.2. The van der Waals surface area contributed by atoms with E-state index < -0.39 is 9.84 Å². The maximum atomic E-state index is 12.6. The Bertz CT molecular complexity index is 1270. The molecule has 0 unspecified atom stereocenters. The molecule has 7 heteroatoms. The van der Waals surface area contributed by atoms with Crippen LogP contribution in [0.5, 0.6) is 0 Å². The highest BCUT2D eigenvalue weighted by Crippen LogP contribution is 2.36. The number of aromatic nitrogens is 1. The lowest BCUT2D eigenvalue weighted by molar-refractivity contribution is 0.255. The van der Waals surface area contributed by atoms with Gasteiger partial charge in [-0.3, -0.25) is 4.98 Å². The monoisotopic (exact) mass is 485 g/mol. The van der Waals surface area contributed by atoms with Gasteiger partial charge in [0, 0.05) is 35.4 Å². The molecule has 0 spiro atoms. The Kier molecular flexibility index (Phi) is 6.99. The Morgan fingerprint density at radius 3 is 2.36 bits per heavy atom. The molecule has 1 aromatic heterocycles. The van der Waals surface area contributed by atoms with Crippen molar-refractivity contribution in [3.05, 3.63) is 53.2 Å². The quantitative estimate of drug-likeness (QED) is 0.478. The average molecular weight is 486 g/mol. The molecular weight excluding hydrogens is 454 g/mol. The predicted octanol–water partition coefficient (Wildman–Crippen LogP) is 5.80. The first-order chi connectivity index (χ1) is 15.6. The van der Waals surface area contributed by atoms with Crippen molar-refractivity contribution in [1.29, 1.82) is 0 Å². The summed E-state index contributed by atoms with van der Waals surface area (Å²) in [4.78, 5) is 6.96. The number of hydrogen-bond donors (Lipinski definition) is 1. The van der Waals surface area contributed by atoms with Gasteiger partial charge in [-0.2, -0.15) is 0 Å². The average Bonchev–Trinajstić information content (AvgIpc) is 2.75. The van der Waals surface area contributed by atoms with Crippen LogP contribution in [0.4, 0.5) is 5.69 Å². The number of fused-ring (bicyclic) bond motifs is 1. The summed E-state index contributed by atoms with van der Waals surface area (Å²) < 4.78 is 25.3. The lowest BCUT2D eigenvalue weighted by atomic mass is 9.85. The van der Waals surface area contributed by atoms with Gasteiger partial charge in [0.15, 0.2) is 9.84 Å². The third-order valence-corrected chi connectivity index (χ3v) is 8.07. The molecule has 0 atom stereocenters. The summed E-state index contributed by atoms with van der Waals surface area (Å²) in [6, 6.07) is 12.2. The fraction of sp³-hybridized carbons (Fsp3) is 0.423. The zero-order valence-electron chi connectivity index (χ0n) is 19.7. The van der Waals surface area contributed by atoms with Gasteiger partial charge in [-0.15, -0.1) is 0 Å². The van der Waals surface area contributed by atoms with Crippen LogP contribution in [0.1, 0.15) is 31.2 Å². The number of halogens is 1. The molecule has 1 aliphatic rings. The van der Waals surface area contributed by atoms with E-state index in [0.717, 1.165) is 59.8 Å². The van der Waals surface area contributed by atoms with Crippen LogP contribution < -0.4 is 5.32 Å². The Balaban J connectivity index is 1.73. The molecule has 0 amide bonds. The maximum Gasteiger partial charge on any atom is 0.179 e. The molecule has 2 aromatic carbocycles. The largest absolute Gasteiger partial charge is 0.381 e. The molecule has 1 fully saturated rings. The second kappa shape index (κ2) is 9.61. The van der Waals surface area contributed by atoms with E-state index in [4.69, 9.17) is 11.6 Å². The highest BCUT2D eigenvalue weighted by Gasteiger charge is 2.25. The summed E-state index contributed by atoms with van der Waals surface area (Å²) in [6.07, 6.45) is 7.07. The van der Waals surface area contributed by atoms with E-state index in [-0.39, 0.29) is 10.9 Å². The third-order valence-electron chi connectivity index (χ3n) is 6.56. The van der Waals surface area contributed by atoms with Gasteiger partial charge < -0.3 is 10.2 Å². The molecule has 1 heterocycles. The highest BCUT2D eigenvalue weighted by molar-refractivity contribution is 7.90. The molecule has 33 heavy (non-hydrogen) atoms. The van der Waals surface area contributed by atoms with Crippen molar-refractivity contribution in [2.24, 2.45) is 5.92 Å². The fourth-order valence-electron chi connectivity index (χ4n) is 4.77. The van der Waals surface area contributed by atoms with Gasteiger partial charge >= 0.3 is 0 Å². The van der Waals surface area contributed by atoms with Crippen molar-refractivity contribution >= 4 is 38.0 Å². The number of rotatable bonds is 6. The Morgan fingerprint density at radius 1 is 1.06 bits per heavy atom. The molecular formula is C26H32ClN3O2S. The minimum atomic E-state index is -3.44. The molecule has 176 valence electrons. The van der Waals surface area contributed by atoms with Gasteiger partial charge in [0.25, 0.3) is 0 Å². The summed E-state index contributed by atoms with van der Waals surface area (Å²) in [5, 5.41) is 5.15. The Hall–Kier alpha value is -2.15. The number of aryl methyl sites for hydroxylation is 1. The van der Waals surface area contributed by atoms with Crippen molar-refractivity contribution < 1.29 is 8.42 Å². The standard InChI is InChI=1S/C26H32ClN3O2S/c1-17-5-8-20(14-23(17)27)19-9-12-24-22(13-19)26(25(15-28-24)33(4,31)32)29-21-10-6-18(7-11-21)16-30(2)3/h5,8-9,12-15,18,21H,6-7,10-11,16H2,1-4H3,(H,28,29). The lowest BCUT2D eigenvalue weighted by Crippen LogP contribution is -2.31. The number of hydrogen-bond acceptors (Lipinski definition) is 5. The van der Waals surface area contributed by atoms with E-state index in [0.29, 0.717) is 16.6 Å². The molecule has 1 saturated carbocycles. The first kappa shape index (κ1) is 24.0. The summed E-state index contributed by atoms with van der Waals surface area (Å²) in [5.41, 5.74) is 4.43. The van der Waals surface area contributed by atoms with Crippen LogP contribution in [0, 0.1) is 12.8 Å². The molecule has 0 radical (unpaired) electrons. The molecule has 0 saturated heterocycles.